The Morgan fingerprint density at radius 3 is 2.11 bits per heavy atom. The lowest BCUT2D eigenvalue weighted by Gasteiger charge is -2.32. The molecule has 35 heavy (non-hydrogen) atoms. The zero-order valence-electron chi connectivity index (χ0n) is 19.2. The number of benzene rings is 3. The number of rotatable bonds is 9. The molecule has 3 aromatic carbocycles. The third-order valence-electron chi connectivity index (χ3n) is 5.65. The molecule has 1 aromatic heterocycles. The van der Waals surface area contributed by atoms with E-state index in [1.54, 1.807) is 35.5 Å². The molecule has 176 valence electrons. The zero-order valence-corrected chi connectivity index (χ0v) is 19.2. The molecule has 1 unspecified atom stereocenters. The van der Waals surface area contributed by atoms with E-state index in [4.69, 9.17) is 0 Å². The van der Waals surface area contributed by atoms with Gasteiger partial charge in [-0.1, -0.05) is 78.9 Å². The maximum atomic E-state index is 13.6. The van der Waals surface area contributed by atoms with Crippen LogP contribution in [0.4, 0.5) is 4.39 Å². The van der Waals surface area contributed by atoms with E-state index >= 15 is 0 Å². The minimum Gasteiger partial charge on any atom is -0.350 e. The molecule has 1 heterocycles. The summed E-state index contributed by atoms with van der Waals surface area (Å²) in [6, 6.07) is 27.4. The molecule has 1 N–H and O–H groups in total. The number of hydrogen-bond donors (Lipinski definition) is 1. The lowest BCUT2D eigenvalue weighted by atomic mass is 10.0. The van der Waals surface area contributed by atoms with Gasteiger partial charge in [0.05, 0.1) is 6.42 Å². The van der Waals surface area contributed by atoms with Gasteiger partial charge in [-0.25, -0.2) is 4.39 Å². The summed E-state index contributed by atoms with van der Waals surface area (Å²) in [4.78, 5) is 32.9. The van der Waals surface area contributed by atoms with Crippen LogP contribution in [-0.2, 0) is 29.1 Å². The second-order valence-electron chi connectivity index (χ2n) is 8.20. The molecule has 0 saturated carbocycles. The molecule has 0 bridgehead atoms. The Labute approximate surface area is 204 Å². The molecule has 2 amide bonds. The van der Waals surface area contributed by atoms with E-state index in [1.165, 1.54) is 12.1 Å². The standard InChI is InChI=1S/C29H26FN3O2/c30-26-15-13-23(14-16-26)21-33(27(34)18-22-8-3-1-4-9-22)28(25-11-5-2-6-12-25)29(35)32-20-24-10-7-17-31-19-24/h1-17,19,28H,18,20-21H2,(H,32,35). The van der Waals surface area contributed by atoms with Gasteiger partial charge in [0.15, 0.2) is 0 Å². The summed E-state index contributed by atoms with van der Waals surface area (Å²) < 4.78 is 13.5. The van der Waals surface area contributed by atoms with Gasteiger partial charge in [0.2, 0.25) is 11.8 Å². The molecule has 0 spiro atoms. The van der Waals surface area contributed by atoms with Crippen molar-refractivity contribution >= 4 is 11.8 Å². The van der Waals surface area contributed by atoms with E-state index in [0.29, 0.717) is 5.56 Å². The molecule has 0 aliphatic rings. The SMILES string of the molecule is O=C(NCc1cccnc1)C(c1ccccc1)N(Cc1ccc(F)cc1)C(=O)Cc1ccccc1. The molecule has 0 aliphatic carbocycles. The van der Waals surface area contributed by atoms with Crippen molar-refractivity contribution in [2.75, 3.05) is 0 Å². The summed E-state index contributed by atoms with van der Waals surface area (Å²) in [7, 11) is 0. The summed E-state index contributed by atoms with van der Waals surface area (Å²) in [6.45, 7) is 0.444. The van der Waals surface area contributed by atoms with Crippen molar-refractivity contribution in [3.63, 3.8) is 0 Å². The van der Waals surface area contributed by atoms with Gasteiger partial charge in [0, 0.05) is 25.5 Å². The predicted octanol–water partition coefficient (Wildman–Crippen LogP) is 4.85. The molecular weight excluding hydrogens is 441 g/mol. The van der Waals surface area contributed by atoms with E-state index < -0.39 is 6.04 Å². The van der Waals surface area contributed by atoms with Crippen molar-refractivity contribution in [1.82, 2.24) is 15.2 Å². The molecule has 0 fully saturated rings. The van der Waals surface area contributed by atoms with Crippen LogP contribution in [-0.4, -0.2) is 21.7 Å². The summed E-state index contributed by atoms with van der Waals surface area (Å²) >= 11 is 0. The number of hydrogen-bond acceptors (Lipinski definition) is 3. The van der Waals surface area contributed by atoms with Gasteiger partial charge >= 0.3 is 0 Å². The van der Waals surface area contributed by atoms with Crippen LogP contribution in [0.1, 0.15) is 28.3 Å². The van der Waals surface area contributed by atoms with Crippen molar-refractivity contribution in [3.8, 4) is 0 Å². The Morgan fingerprint density at radius 1 is 0.800 bits per heavy atom. The third kappa shape index (κ3) is 6.60. The van der Waals surface area contributed by atoms with E-state index in [-0.39, 0.29) is 37.1 Å². The first-order valence-corrected chi connectivity index (χ1v) is 11.4. The number of pyridine rings is 1. The molecule has 4 aromatic rings. The van der Waals surface area contributed by atoms with Crippen LogP contribution in [0.15, 0.2) is 109 Å². The monoisotopic (exact) mass is 467 g/mol. The van der Waals surface area contributed by atoms with E-state index in [1.807, 2.05) is 66.7 Å². The number of amides is 2. The van der Waals surface area contributed by atoms with Gasteiger partial charge in [0.25, 0.3) is 0 Å². The Hall–Kier alpha value is -4.32. The van der Waals surface area contributed by atoms with E-state index in [0.717, 1.165) is 16.7 Å². The highest BCUT2D eigenvalue weighted by Crippen LogP contribution is 2.25. The molecule has 0 saturated heterocycles. The van der Waals surface area contributed by atoms with Gasteiger partial charge in [-0.2, -0.15) is 0 Å². The van der Waals surface area contributed by atoms with E-state index in [9.17, 15) is 14.0 Å². The number of halogens is 1. The number of nitrogens with zero attached hydrogens (tertiary/aromatic N) is 2. The summed E-state index contributed by atoms with van der Waals surface area (Å²) in [5, 5.41) is 2.96. The van der Waals surface area contributed by atoms with Crippen LogP contribution in [0, 0.1) is 5.82 Å². The van der Waals surface area contributed by atoms with Crippen molar-refractivity contribution in [1.29, 1.82) is 0 Å². The topological polar surface area (TPSA) is 62.3 Å². The molecular formula is C29H26FN3O2. The Balaban J connectivity index is 1.66. The number of nitrogens with one attached hydrogen (secondary N) is 1. The maximum Gasteiger partial charge on any atom is 0.247 e. The first-order valence-electron chi connectivity index (χ1n) is 11.4. The third-order valence-corrected chi connectivity index (χ3v) is 5.65. The van der Waals surface area contributed by atoms with Gasteiger partial charge in [-0.05, 0) is 40.5 Å². The minimum atomic E-state index is -0.867. The highest BCUT2D eigenvalue weighted by atomic mass is 19.1. The Bertz CT molecular complexity index is 1230. The van der Waals surface area contributed by atoms with Gasteiger partial charge in [-0.3, -0.25) is 14.6 Å². The smallest absolute Gasteiger partial charge is 0.247 e. The average Bonchev–Trinajstić information content (AvgIpc) is 2.90. The van der Waals surface area contributed by atoms with Crippen LogP contribution >= 0.6 is 0 Å². The first-order chi connectivity index (χ1) is 17.1. The summed E-state index contributed by atoms with van der Waals surface area (Å²) in [5.41, 5.74) is 3.13. The number of aromatic nitrogens is 1. The van der Waals surface area contributed by atoms with Crippen molar-refractivity contribution in [2.24, 2.45) is 0 Å². The fourth-order valence-corrected chi connectivity index (χ4v) is 3.88. The quantitative estimate of drug-likeness (QED) is 0.383. The van der Waals surface area contributed by atoms with Crippen LogP contribution in [0.25, 0.3) is 0 Å². The molecule has 5 nitrogen and oxygen atoms in total. The first kappa shape index (κ1) is 23.8. The van der Waals surface area contributed by atoms with E-state index in [2.05, 4.69) is 10.3 Å². The summed E-state index contributed by atoms with van der Waals surface area (Å²) in [5.74, 6) is -0.862. The average molecular weight is 468 g/mol. The maximum absolute atomic E-state index is 13.6. The van der Waals surface area contributed by atoms with Crippen molar-refractivity contribution in [2.45, 2.75) is 25.6 Å². The minimum absolute atomic E-state index is 0.140. The molecule has 0 aliphatic heterocycles. The summed E-state index contributed by atoms with van der Waals surface area (Å²) in [6.07, 6.45) is 3.50. The predicted molar refractivity (Wildman–Crippen MR) is 132 cm³/mol. The fraction of sp³-hybridized carbons (Fsp3) is 0.138. The van der Waals surface area contributed by atoms with Crippen LogP contribution in [0.3, 0.4) is 0 Å². The normalized spacial score (nSPS) is 11.5. The van der Waals surface area contributed by atoms with Crippen LogP contribution in [0.2, 0.25) is 0 Å². The van der Waals surface area contributed by atoms with Gasteiger partial charge in [0.1, 0.15) is 11.9 Å². The second-order valence-corrected chi connectivity index (χ2v) is 8.20. The fourth-order valence-electron chi connectivity index (χ4n) is 3.88. The van der Waals surface area contributed by atoms with Gasteiger partial charge < -0.3 is 10.2 Å². The lowest BCUT2D eigenvalue weighted by Crippen LogP contribution is -2.43. The highest BCUT2D eigenvalue weighted by molar-refractivity contribution is 5.89. The molecule has 4 rings (SSSR count). The largest absolute Gasteiger partial charge is 0.350 e. The lowest BCUT2D eigenvalue weighted by molar-refractivity contribution is -0.141. The number of carbonyl (C=O) groups is 2. The van der Waals surface area contributed by atoms with Crippen molar-refractivity contribution in [3.05, 3.63) is 138 Å². The van der Waals surface area contributed by atoms with Crippen LogP contribution in [0.5, 0.6) is 0 Å². The molecule has 0 radical (unpaired) electrons. The Kier molecular flexibility index (Phi) is 7.96. The van der Waals surface area contributed by atoms with Gasteiger partial charge in [-0.15, -0.1) is 0 Å². The molecule has 6 heteroatoms. The van der Waals surface area contributed by atoms with Crippen molar-refractivity contribution < 1.29 is 14.0 Å². The number of carbonyl (C=O) groups excluding carboxylic acids is 2. The Morgan fingerprint density at radius 2 is 1.46 bits per heavy atom. The zero-order chi connectivity index (χ0) is 24.5. The van der Waals surface area contributed by atoms with Crippen LogP contribution < -0.4 is 5.32 Å². The second kappa shape index (κ2) is 11.7. The highest BCUT2D eigenvalue weighted by Gasteiger charge is 2.31. The molecule has 1 atom stereocenters.